The molecule has 0 amide bonds. The van der Waals surface area contributed by atoms with Crippen LogP contribution >= 0.6 is 0 Å². The van der Waals surface area contributed by atoms with E-state index in [0.29, 0.717) is 61.2 Å². The molecule has 1 saturated heterocycles. The summed E-state index contributed by atoms with van der Waals surface area (Å²) in [4.78, 5) is 25.7. The molecular weight excluding hydrogens is 586 g/mol. The predicted octanol–water partition coefficient (Wildman–Crippen LogP) is 5.66. The smallest absolute Gasteiger partial charge is 0.229 e. The third-order valence-corrected chi connectivity index (χ3v) is 7.34. The van der Waals surface area contributed by atoms with Gasteiger partial charge in [-0.25, -0.2) is 15.0 Å². The Hall–Kier alpha value is -5.33. The Labute approximate surface area is 267 Å². The fourth-order valence-corrected chi connectivity index (χ4v) is 4.97. The topological polar surface area (TPSA) is 126 Å². The zero-order chi connectivity index (χ0) is 31.9. The summed E-state index contributed by atoms with van der Waals surface area (Å²) in [7, 11) is 4.89. The van der Waals surface area contributed by atoms with Crippen molar-refractivity contribution in [2.75, 3.05) is 44.8 Å². The molecule has 0 bridgehead atoms. The van der Waals surface area contributed by atoms with Crippen LogP contribution in [0.4, 0.5) is 17.5 Å². The van der Waals surface area contributed by atoms with E-state index in [2.05, 4.69) is 15.2 Å². The van der Waals surface area contributed by atoms with Crippen molar-refractivity contribution >= 4 is 17.5 Å². The number of nitrogens with zero attached hydrogens (tertiary/aromatic N) is 6. The number of hydrogen-bond acceptors (Lipinski definition) is 12. The second-order valence-corrected chi connectivity index (χ2v) is 10.5. The van der Waals surface area contributed by atoms with Gasteiger partial charge in [-0.05, 0) is 54.4 Å². The summed E-state index contributed by atoms with van der Waals surface area (Å²) in [6.45, 7) is 3.97. The first kappa shape index (κ1) is 30.7. The van der Waals surface area contributed by atoms with Crippen LogP contribution in [-0.2, 0) is 22.6 Å². The van der Waals surface area contributed by atoms with Crippen molar-refractivity contribution in [2.45, 2.75) is 26.3 Å². The van der Waals surface area contributed by atoms with E-state index in [0.717, 1.165) is 33.9 Å². The number of anilines is 3. The van der Waals surface area contributed by atoms with E-state index in [-0.39, 0.29) is 0 Å². The van der Waals surface area contributed by atoms with Gasteiger partial charge in [-0.1, -0.05) is 24.3 Å². The highest BCUT2D eigenvalue weighted by atomic mass is 16.7. The monoisotopic (exact) mass is 621 g/mol. The van der Waals surface area contributed by atoms with Gasteiger partial charge in [0.25, 0.3) is 0 Å². The van der Waals surface area contributed by atoms with E-state index in [1.54, 1.807) is 39.8 Å². The molecule has 2 aromatic carbocycles. The number of hydrogen-bond donors (Lipinski definition) is 1. The third-order valence-electron chi connectivity index (χ3n) is 7.34. The number of aryl methyl sites for hydroxylation is 1. The van der Waals surface area contributed by atoms with Crippen LogP contribution in [0.2, 0.25) is 0 Å². The van der Waals surface area contributed by atoms with E-state index < -0.39 is 6.29 Å². The van der Waals surface area contributed by atoms with Crippen molar-refractivity contribution < 1.29 is 23.7 Å². The van der Waals surface area contributed by atoms with E-state index in [9.17, 15) is 0 Å². The van der Waals surface area contributed by atoms with Gasteiger partial charge < -0.3 is 33.9 Å². The molecule has 1 fully saturated rings. The van der Waals surface area contributed by atoms with Crippen molar-refractivity contribution in [3.8, 4) is 28.8 Å². The Morgan fingerprint density at radius 3 is 1.98 bits per heavy atom. The molecule has 0 aliphatic carbocycles. The standard InChI is InChI=1S/C34H35N7O5/c1-22-37-32(29-17-25(33-45-15-16-46-33)18-36-31(29)39-26-9-14-30(44-4)35-19-26)40-34(38-22)41(20-23-5-10-27(42-2)11-6-23)21-24-7-12-28(43-3)13-8-24/h5-14,17-19,33H,15-16,20-21H2,1-4H3,(H,36,39). The molecule has 5 aromatic rings. The molecule has 0 saturated carbocycles. The van der Waals surface area contributed by atoms with Crippen molar-refractivity contribution in [1.82, 2.24) is 24.9 Å². The quantitative estimate of drug-likeness (QED) is 0.185. The van der Waals surface area contributed by atoms with Crippen LogP contribution in [-0.4, -0.2) is 59.5 Å². The normalized spacial score (nSPS) is 13.0. The molecule has 3 aromatic heterocycles. The second kappa shape index (κ2) is 14.2. The largest absolute Gasteiger partial charge is 0.497 e. The Morgan fingerprint density at radius 1 is 0.761 bits per heavy atom. The summed E-state index contributed by atoms with van der Waals surface area (Å²) in [6.07, 6.45) is 2.89. The minimum absolute atomic E-state index is 0.452. The minimum atomic E-state index is -0.521. The summed E-state index contributed by atoms with van der Waals surface area (Å²) < 4.78 is 27.5. The molecule has 1 aliphatic rings. The first-order chi connectivity index (χ1) is 22.5. The molecule has 0 radical (unpaired) electrons. The zero-order valence-corrected chi connectivity index (χ0v) is 26.1. The van der Waals surface area contributed by atoms with Crippen LogP contribution in [0.5, 0.6) is 17.4 Å². The molecule has 46 heavy (non-hydrogen) atoms. The molecule has 0 atom stereocenters. The molecule has 12 heteroatoms. The fraction of sp³-hybridized carbons (Fsp3) is 0.265. The number of aromatic nitrogens is 5. The molecule has 6 rings (SSSR count). The van der Waals surface area contributed by atoms with E-state index >= 15 is 0 Å². The van der Waals surface area contributed by atoms with Gasteiger partial charge in [0, 0.05) is 30.9 Å². The Bertz CT molecular complexity index is 1700. The number of ether oxygens (including phenoxy) is 5. The third kappa shape index (κ3) is 7.31. The maximum Gasteiger partial charge on any atom is 0.229 e. The summed E-state index contributed by atoms with van der Waals surface area (Å²) in [6, 6.07) is 21.5. The molecule has 0 unspecified atom stereocenters. The van der Waals surface area contributed by atoms with Crippen molar-refractivity contribution in [1.29, 1.82) is 0 Å². The average Bonchev–Trinajstić information content (AvgIpc) is 3.64. The highest BCUT2D eigenvalue weighted by Gasteiger charge is 2.23. The number of pyridine rings is 2. The van der Waals surface area contributed by atoms with E-state index in [1.165, 1.54) is 0 Å². The first-order valence-corrected chi connectivity index (χ1v) is 14.8. The van der Waals surface area contributed by atoms with Crippen LogP contribution in [0.1, 0.15) is 28.8 Å². The van der Waals surface area contributed by atoms with Gasteiger partial charge in [0.2, 0.25) is 11.8 Å². The SMILES string of the molecule is COc1ccc(CN(Cc2ccc(OC)cc2)c2nc(C)nc(-c3cc(C4OCCO4)cnc3Nc3ccc(OC)nc3)n2)cc1. The Kier molecular flexibility index (Phi) is 9.46. The van der Waals surface area contributed by atoms with Gasteiger partial charge in [-0.15, -0.1) is 0 Å². The van der Waals surface area contributed by atoms with Crippen LogP contribution < -0.4 is 24.4 Å². The van der Waals surface area contributed by atoms with Crippen LogP contribution in [0.25, 0.3) is 11.4 Å². The van der Waals surface area contributed by atoms with Crippen molar-refractivity contribution in [3.05, 3.63) is 102 Å². The number of nitrogens with one attached hydrogen (secondary N) is 1. The Balaban J connectivity index is 1.40. The fourth-order valence-electron chi connectivity index (χ4n) is 4.97. The maximum absolute atomic E-state index is 5.78. The lowest BCUT2D eigenvalue weighted by atomic mass is 10.1. The van der Waals surface area contributed by atoms with Gasteiger partial charge >= 0.3 is 0 Å². The lowest BCUT2D eigenvalue weighted by molar-refractivity contribution is -0.0442. The van der Waals surface area contributed by atoms with E-state index in [1.807, 2.05) is 67.6 Å². The van der Waals surface area contributed by atoms with Gasteiger partial charge in [-0.2, -0.15) is 9.97 Å². The number of rotatable bonds is 12. The average molecular weight is 622 g/mol. The Morgan fingerprint density at radius 2 is 1.41 bits per heavy atom. The molecule has 0 spiro atoms. The highest BCUT2D eigenvalue weighted by Crippen LogP contribution is 2.33. The van der Waals surface area contributed by atoms with Gasteiger partial charge in [0.05, 0.1) is 52.0 Å². The van der Waals surface area contributed by atoms with Crippen LogP contribution in [0.3, 0.4) is 0 Å². The van der Waals surface area contributed by atoms with Crippen LogP contribution in [0, 0.1) is 6.92 Å². The van der Waals surface area contributed by atoms with Gasteiger partial charge in [0.15, 0.2) is 12.1 Å². The molecule has 12 nitrogen and oxygen atoms in total. The summed E-state index contributed by atoms with van der Waals surface area (Å²) in [5.41, 5.74) is 4.29. The van der Waals surface area contributed by atoms with Crippen LogP contribution in [0.15, 0.2) is 79.1 Å². The van der Waals surface area contributed by atoms with Gasteiger partial charge in [0.1, 0.15) is 23.1 Å². The summed E-state index contributed by atoms with van der Waals surface area (Å²) in [5, 5.41) is 3.36. The number of benzene rings is 2. The first-order valence-electron chi connectivity index (χ1n) is 14.8. The summed E-state index contributed by atoms with van der Waals surface area (Å²) in [5.74, 6) is 4.17. The molecule has 1 aliphatic heterocycles. The molecule has 1 N–H and O–H groups in total. The lowest BCUT2D eigenvalue weighted by Gasteiger charge is -2.24. The molecular formula is C34H35N7O5. The van der Waals surface area contributed by atoms with Crippen molar-refractivity contribution in [3.63, 3.8) is 0 Å². The summed E-state index contributed by atoms with van der Waals surface area (Å²) >= 11 is 0. The molecule has 4 heterocycles. The lowest BCUT2D eigenvalue weighted by Crippen LogP contribution is -2.25. The second-order valence-electron chi connectivity index (χ2n) is 10.5. The van der Waals surface area contributed by atoms with Crippen molar-refractivity contribution in [2.24, 2.45) is 0 Å². The molecule has 236 valence electrons. The predicted molar refractivity (Wildman–Crippen MR) is 172 cm³/mol. The number of methoxy groups -OCH3 is 3. The minimum Gasteiger partial charge on any atom is -0.497 e. The zero-order valence-electron chi connectivity index (χ0n) is 26.1. The van der Waals surface area contributed by atoms with E-state index in [4.69, 9.17) is 43.6 Å². The highest BCUT2D eigenvalue weighted by molar-refractivity contribution is 5.75. The maximum atomic E-state index is 5.78. The van der Waals surface area contributed by atoms with Gasteiger partial charge in [-0.3, -0.25) is 0 Å².